The highest BCUT2D eigenvalue weighted by atomic mass is 32.2. The summed E-state index contributed by atoms with van der Waals surface area (Å²) in [5.41, 5.74) is 0. The van der Waals surface area contributed by atoms with Crippen LogP contribution in [0, 0.1) is 0 Å². The van der Waals surface area contributed by atoms with E-state index in [4.69, 9.17) is 5.11 Å². The molecule has 0 spiro atoms. The van der Waals surface area contributed by atoms with Crippen LogP contribution in [-0.4, -0.2) is 29.4 Å². The van der Waals surface area contributed by atoms with Crippen LogP contribution in [0.2, 0.25) is 0 Å². The number of hydrogen-bond acceptors (Lipinski definition) is 4. The van der Waals surface area contributed by atoms with Gasteiger partial charge in [-0.1, -0.05) is 0 Å². The SMILES string of the molecule is CCOC(=O)/C=C\SCCC(=O)O. The average molecular weight is 204 g/mol. The summed E-state index contributed by atoms with van der Waals surface area (Å²) in [5, 5.41) is 9.82. The zero-order valence-corrected chi connectivity index (χ0v) is 8.17. The molecule has 0 aliphatic heterocycles. The first-order valence-corrected chi connectivity index (χ1v) is 4.88. The van der Waals surface area contributed by atoms with E-state index in [-0.39, 0.29) is 6.42 Å². The van der Waals surface area contributed by atoms with E-state index in [1.807, 2.05) is 0 Å². The normalized spacial score (nSPS) is 10.2. The first-order valence-electron chi connectivity index (χ1n) is 3.83. The van der Waals surface area contributed by atoms with Crippen molar-refractivity contribution in [3.63, 3.8) is 0 Å². The maximum absolute atomic E-state index is 10.7. The molecule has 13 heavy (non-hydrogen) atoms. The fourth-order valence-electron chi connectivity index (χ4n) is 0.508. The van der Waals surface area contributed by atoms with Crippen molar-refractivity contribution >= 4 is 23.7 Å². The molecule has 0 aliphatic carbocycles. The lowest BCUT2D eigenvalue weighted by atomic mass is 10.5. The molecule has 0 amide bonds. The van der Waals surface area contributed by atoms with Crippen LogP contribution in [0.4, 0.5) is 0 Å². The largest absolute Gasteiger partial charge is 0.481 e. The molecule has 0 bridgehead atoms. The van der Waals surface area contributed by atoms with Gasteiger partial charge in [0.25, 0.3) is 0 Å². The Balaban J connectivity index is 3.40. The van der Waals surface area contributed by atoms with Gasteiger partial charge in [0.2, 0.25) is 0 Å². The first kappa shape index (κ1) is 12.0. The molecule has 0 aromatic carbocycles. The van der Waals surface area contributed by atoms with Crippen LogP contribution in [0.5, 0.6) is 0 Å². The predicted molar refractivity (Wildman–Crippen MR) is 50.5 cm³/mol. The van der Waals surface area contributed by atoms with Gasteiger partial charge in [0.05, 0.1) is 13.0 Å². The number of carboxylic acids is 1. The van der Waals surface area contributed by atoms with E-state index in [1.165, 1.54) is 17.8 Å². The monoisotopic (exact) mass is 204 g/mol. The molecule has 0 aliphatic rings. The van der Waals surface area contributed by atoms with E-state index in [1.54, 1.807) is 12.3 Å². The van der Waals surface area contributed by atoms with Gasteiger partial charge >= 0.3 is 11.9 Å². The summed E-state index contributed by atoms with van der Waals surface area (Å²) < 4.78 is 4.61. The van der Waals surface area contributed by atoms with Crippen LogP contribution in [0.15, 0.2) is 11.5 Å². The van der Waals surface area contributed by atoms with Gasteiger partial charge in [0.1, 0.15) is 0 Å². The number of ether oxygens (including phenoxy) is 1. The molecular formula is C8H12O4S. The van der Waals surface area contributed by atoms with Crippen LogP contribution in [0.3, 0.4) is 0 Å². The van der Waals surface area contributed by atoms with Gasteiger partial charge in [-0.15, -0.1) is 11.8 Å². The van der Waals surface area contributed by atoms with Gasteiger partial charge in [-0.3, -0.25) is 4.79 Å². The van der Waals surface area contributed by atoms with E-state index in [2.05, 4.69) is 4.74 Å². The number of thioether (sulfide) groups is 1. The second-order valence-corrected chi connectivity index (χ2v) is 3.08. The molecule has 0 aromatic heterocycles. The number of rotatable bonds is 6. The van der Waals surface area contributed by atoms with Gasteiger partial charge in [-0.2, -0.15) is 0 Å². The number of carbonyl (C=O) groups is 2. The van der Waals surface area contributed by atoms with Gasteiger partial charge in [-0.05, 0) is 12.3 Å². The number of hydrogen-bond donors (Lipinski definition) is 1. The van der Waals surface area contributed by atoms with E-state index >= 15 is 0 Å². The fourth-order valence-corrected chi connectivity index (χ4v) is 1.14. The molecular weight excluding hydrogens is 192 g/mol. The van der Waals surface area contributed by atoms with Crippen LogP contribution in [0.25, 0.3) is 0 Å². The van der Waals surface area contributed by atoms with Crippen molar-refractivity contribution in [2.45, 2.75) is 13.3 Å². The number of carbonyl (C=O) groups excluding carboxylic acids is 1. The van der Waals surface area contributed by atoms with Crippen molar-refractivity contribution in [2.24, 2.45) is 0 Å². The Labute approximate surface area is 81.0 Å². The minimum Gasteiger partial charge on any atom is -0.481 e. The van der Waals surface area contributed by atoms with Crippen molar-refractivity contribution in [1.82, 2.24) is 0 Å². The Hall–Kier alpha value is -0.970. The molecule has 1 N–H and O–H groups in total. The third-order valence-corrected chi connectivity index (χ3v) is 1.79. The van der Waals surface area contributed by atoms with Crippen molar-refractivity contribution in [3.05, 3.63) is 11.5 Å². The number of esters is 1. The van der Waals surface area contributed by atoms with E-state index in [0.29, 0.717) is 12.4 Å². The Morgan fingerprint density at radius 1 is 1.54 bits per heavy atom. The first-order chi connectivity index (χ1) is 6.16. The summed E-state index contributed by atoms with van der Waals surface area (Å²) in [5.74, 6) is -0.770. The molecule has 0 unspecified atom stereocenters. The van der Waals surface area contributed by atoms with Gasteiger partial charge in [0, 0.05) is 11.8 Å². The molecule has 4 nitrogen and oxygen atoms in total. The standard InChI is InChI=1S/C8H12O4S/c1-2-12-8(11)4-6-13-5-3-7(9)10/h4,6H,2-3,5H2,1H3,(H,9,10)/b6-4-. The zero-order valence-electron chi connectivity index (χ0n) is 7.36. The highest BCUT2D eigenvalue weighted by Gasteiger charge is 1.95. The summed E-state index contributed by atoms with van der Waals surface area (Å²) in [7, 11) is 0. The third kappa shape index (κ3) is 8.94. The van der Waals surface area contributed by atoms with Crippen molar-refractivity contribution in [2.75, 3.05) is 12.4 Å². The molecule has 0 saturated heterocycles. The lowest BCUT2D eigenvalue weighted by Crippen LogP contribution is -1.98. The van der Waals surface area contributed by atoms with Crippen LogP contribution < -0.4 is 0 Å². The minimum atomic E-state index is -0.836. The van der Waals surface area contributed by atoms with Crippen molar-refractivity contribution < 1.29 is 19.4 Å². The van der Waals surface area contributed by atoms with E-state index in [9.17, 15) is 9.59 Å². The molecule has 5 heteroatoms. The van der Waals surface area contributed by atoms with Gasteiger partial charge < -0.3 is 9.84 Å². The molecule has 0 saturated carbocycles. The smallest absolute Gasteiger partial charge is 0.331 e. The highest BCUT2D eigenvalue weighted by Crippen LogP contribution is 2.03. The van der Waals surface area contributed by atoms with Gasteiger partial charge in [-0.25, -0.2) is 4.79 Å². The average Bonchev–Trinajstić information content (AvgIpc) is 2.03. The summed E-state index contributed by atoms with van der Waals surface area (Å²) in [6.07, 6.45) is 1.38. The summed E-state index contributed by atoms with van der Waals surface area (Å²) in [6.45, 7) is 2.08. The predicted octanol–water partition coefficient (Wildman–Crippen LogP) is 1.27. The van der Waals surface area contributed by atoms with Crippen molar-refractivity contribution in [3.8, 4) is 0 Å². The molecule has 0 rings (SSSR count). The molecule has 0 radical (unpaired) electrons. The van der Waals surface area contributed by atoms with Gasteiger partial charge in [0.15, 0.2) is 0 Å². The summed E-state index contributed by atoms with van der Waals surface area (Å²) in [4.78, 5) is 20.8. The van der Waals surface area contributed by atoms with Crippen LogP contribution >= 0.6 is 11.8 Å². The second-order valence-electron chi connectivity index (χ2n) is 2.07. The second kappa shape index (κ2) is 7.67. The lowest BCUT2D eigenvalue weighted by molar-refractivity contribution is -0.137. The Bertz CT molecular complexity index is 200. The molecule has 0 fully saturated rings. The van der Waals surface area contributed by atoms with E-state index in [0.717, 1.165) is 0 Å². The van der Waals surface area contributed by atoms with Crippen LogP contribution in [0.1, 0.15) is 13.3 Å². The van der Waals surface area contributed by atoms with Crippen molar-refractivity contribution in [1.29, 1.82) is 0 Å². The molecule has 74 valence electrons. The number of carboxylic acid groups (broad SMARTS) is 1. The van der Waals surface area contributed by atoms with E-state index < -0.39 is 11.9 Å². The number of aliphatic carboxylic acids is 1. The highest BCUT2D eigenvalue weighted by molar-refractivity contribution is 8.02. The third-order valence-electron chi connectivity index (χ3n) is 1.02. The summed E-state index contributed by atoms with van der Waals surface area (Å²) in [6, 6.07) is 0. The summed E-state index contributed by atoms with van der Waals surface area (Å²) >= 11 is 1.27. The quantitative estimate of drug-likeness (QED) is 0.401. The molecule has 0 atom stereocenters. The Morgan fingerprint density at radius 3 is 2.77 bits per heavy atom. The fraction of sp³-hybridized carbons (Fsp3) is 0.500. The lowest BCUT2D eigenvalue weighted by Gasteiger charge is -1.94. The topological polar surface area (TPSA) is 63.6 Å². The Morgan fingerprint density at radius 2 is 2.23 bits per heavy atom. The minimum absolute atomic E-state index is 0.0951. The van der Waals surface area contributed by atoms with Crippen LogP contribution in [-0.2, 0) is 14.3 Å². The Kier molecular flexibility index (Phi) is 7.10. The zero-order chi connectivity index (χ0) is 10.1. The maximum atomic E-state index is 10.7. The molecule has 0 aromatic rings. The molecule has 0 heterocycles. The maximum Gasteiger partial charge on any atom is 0.331 e.